The van der Waals surface area contributed by atoms with Crippen molar-refractivity contribution in [3.8, 4) is 11.5 Å². The molecule has 5 nitrogen and oxygen atoms in total. The van der Waals surface area contributed by atoms with Crippen molar-refractivity contribution < 1.29 is 14.3 Å². The third-order valence-electron chi connectivity index (χ3n) is 3.12. The Balaban J connectivity index is 1.89. The van der Waals surface area contributed by atoms with Gasteiger partial charge < -0.3 is 9.47 Å². The second-order valence-electron chi connectivity index (χ2n) is 4.91. The molecule has 2 aromatic carbocycles. The van der Waals surface area contributed by atoms with Gasteiger partial charge in [-0.1, -0.05) is 35.9 Å². The predicted octanol–water partition coefficient (Wildman–Crippen LogP) is 3.66. The highest BCUT2D eigenvalue weighted by Crippen LogP contribution is 2.26. The van der Waals surface area contributed by atoms with Crippen LogP contribution in [0.1, 0.15) is 19.4 Å². The minimum Gasteiger partial charge on any atom is -0.490 e. The number of amides is 1. The number of carbonyl (C=O) groups excluding carboxylic acids is 1. The van der Waals surface area contributed by atoms with Crippen molar-refractivity contribution in [1.82, 2.24) is 5.43 Å². The van der Waals surface area contributed by atoms with Crippen LogP contribution in [-0.4, -0.2) is 24.8 Å². The van der Waals surface area contributed by atoms with Crippen LogP contribution in [0.15, 0.2) is 53.6 Å². The van der Waals surface area contributed by atoms with Crippen molar-refractivity contribution in [2.75, 3.05) is 13.2 Å². The zero-order valence-electron chi connectivity index (χ0n) is 13.6. The number of nitrogens with zero attached hydrogens (tertiary/aromatic N) is 1. The fraction of sp³-hybridized carbons (Fsp3) is 0.222. The lowest BCUT2D eigenvalue weighted by atomic mass is 10.1. The van der Waals surface area contributed by atoms with E-state index in [1.165, 1.54) is 0 Å². The third-order valence-corrected chi connectivity index (χ3v) is 3.37. The number of nitrogens with one attached hydrogen (secondary N) is 1. The van der Waals surface area contributed by atoms with Crippen molar-refractivity contribution in [3.63, 3.8) is 0 Å². The van der Waals surface area contributed by atoms with Gasteiger partial charge in [0.2, 0.25) is 0 Å². The molecule has 0 heterocycles. The topological polar surface area (TPSA) is 59.9 Å². The van der Waals surface area contributed by atoms with Crippen LogP contribution in [0.2, 0.25) is 5.02 Å². The number of para-hydroxylation sites is 2. The molecule has 1 amide bonds. The molecule has 0 aliphatic carbocycles. The summed E-state index contributed by atoms with van der Waals surface area (Å²) in [6.45, 7) is 4.06. The number of hydrogen-bond acceptors (Lipinski definition) is 4. The van der Waals surface area contributed by atoms with E-state index in [0.29, 0.717) is 28.8 Å². The highest BCUT2D eigenvalue weighted by Gasteiger charge is 2.07. The van der Waals surface area contributed by atoms with E-state index in [2.05, 4.69) is 10.5 Å². The van der Waals surface area contributed by atoms with Gasteiger partial charge in [0, 0.05) is 5.02 Å². The zero-order valence-corrected chi connectivity index (χ0v) is 14.3. The lowest BCUT2D eigenvalue weighted by molar-refractivity contribution is -0.123. The van der Waals surface area contributed by atoms with Crippen molar-refractivity contribution in [1.29, 1.82) is 0 Å². The van der Waals surface area contributed by atoms with E-state index >= 15 is 0 Å². The first-order chi connectivity index (χ1) is 11.6. The van der Waals surface area contributed by atoms with Gasteiger partial charge in [-0.15, -0.1) is 0 Å². The first-order valence-electron chi connectivity index (χ1n) is 7.54. The zero-order chi connectivity index (χ0) is 17.4. The van der Waals surface area contributed by atoms with Crippen LogP contribution in [0.3, 0.4) is 0 Å². The molecule has 2 rings (SSSR count). The molecule has 1 N–H and O–H groups in total. The van der Waals surface area contributed by atoms with Crippen LogP contribution in [0.4, 0.5) is 0 Å². The molecule has 6 heteroatoms. The molecule has 0 atom stereocenters. The van der Waals surface area contributed by atoms with E-state index in [1.54, 1.807) is 31.2 Å². The number of ether oxygens (including phenoxy) is 2. The summed E-state index contributed by atoms with van der Waals surface area (Å²) in [6, 6.07) is 14.4. The van der Waals surface area contributed by atoms with Gasteiger partial charge in [-0.05, 0) is 43.7 Å². The molecule has 0 aromatic heterocycles. The fourth-order valence-electron chi connectivity index (χ4n) is 1.92. The van der Waals surface area contributed by atoms with Crippen LogP contribution >= 0.6 is 11.6 Å². The molecule has 0 aliphatic heterocycles. The van der Waals surface area contributed by atoms with Gasteiger partial charge in [0.15, 0.2) is 18.1 Å². The SMILES string of the molecule is CCOc1ccccc1OCC(=O)NN=C(C)c1ccc(Cl)cc1. The second kappa shape index (κ2) is 8.93. The molecule has 24 heavy (non-hydrogen) atoms. The Labute approximate surface area is 146 Å². The van der Waals surface area contributed by atoms with E-state index < -0.39 is 0 Å². The summed E-state index contributed by atoms with van der Waals surface area (Å²) in [5, 5.41) is 4.71. The highest BCUT2D eigenvalue weighted by atomic mass is 35.5. The van der Waals surface area contributed by atoms with E-state index in [0.717, 1.165) is 5.56 Å². The summed E-state index contributed by atoms with van der Waals surface area (Å²) in [4.78, 5) is 11.9. The molecule has 0 fully saturated rings. The minimum atomic E-state index is -0.352. The summed E-state index contributed by atoms with van der Waals surface area (Å²) < 4.78 is 10.9. The summed E-state index contributed by atoms with van der Waals surface area (Å²) >= 11 is 5.84. The molecule has 2 aromatic rings. The van der Waals surface area contributed by atoms with E-state index in [1.807, 2.05) is 31.2 Å². The maximum absolute atomic E-state index is 11.9. The number of benzene rings is 2. The Bertz CT molecular complexity index is 714. The Hall–Kier alpha value is -2.53. The Morgan fingerprint density at radius 3 is 2.33 bits per heavy atom. The first-order valence-corrected chi connectivity index (χ1v) is 7.91. The minimum absolute atomic E-state index is 0.151. The van der Waals surface area contributed by atoms with Crippen LogP contribution in [-0.2, 0) is 4.79 Å². The molecule has 0 saturated carbocycles. The Kier molecular flexibility index (Phi) is 6.63. The lowest BCUT2D eigenvalue weighted by Gasteiger charge is -2.10. The largest absolute Gasteiger partial charge is 0.490 e. The summed E-state index contributed by atoms with van der Waals surface area (Å²) in [5.41, 5.74) is 4.02. The number of hydrogen-bond donors (Lipinski definition) is 1. The number of hydrazone groups is 1. The van der Waals surface area contributed by atoms with Crippen molar-refractivity contribution in [2.24, 2.45) is 5.10 Å². The molecular formula is C18H19ClN2O3. The second-order valence-corrected chi connectivity index (χ2v) is 5.34. The van der Waals surface area contributed by atoms with E-state index in [9.17, 15) is 4.79 Å². The average Bonchev–Trinajstić information content (AvgIpc) is 2.60. The molecule has 0 bridgehead atoms. The van der Waals surface area contributed by atoms with Gasteiger partial charge in [-0.25, -0.2) is 5.43 Å². The van der Waals surface area contributed by atoms with Gasteiger partial charge in [-0.3, -0.25) is 4.79 Å². The van der Waals surface area contributed by atoms with E-state index in [4.69, 9.17) is 21.1 Å². The first kappa shape index (κ1) is 17.8. The van der Waals surface area contributed by atoms with Crippen LogP contribution in [0, 0.1) is 0 Å². The molecule has 0 unspecified atom stereocenters. The van der Waals surface area contributed by atoms with Crippen molar-refractivity contribution in [2.45, 2.75) is 13.8 Å². The van der Waals surface area contributed by atoms with Crippen LogP contribution in [0.25, 0.3) is 0 Å². The maximum atomic E-state index is 11.9. The Morgan fingerprint density at radius 1 is 1.08 bits per heavy atom. The number of rotatable bonds is 7. The smallest absolute Gasteiger partial charge is 0.277 e. The van der Waals surface area contributed by atoms with Gasteiger partial charge in [0.05, 0.1) is 12.3 Å². The van der Waals surface area contributed by atoms with Crippen molar-refractivity contribution in [3.05, 3.63) is 59.1 Å². The summed E-state index contributed by atoms with van der Waals surface area (Å²) in [6.07, 6.45) is 0. The fourth-order valence-corrected chi connectivity index (χ4v) is 2.05. The standard InChI is InChI=1S/C18H19ClN2O3/c1-3-23-16-6-4-5-7-17(16)24-12-18(22)21-20-13(2)14-8-10-15(19)11-9-14/h4-11H,3,12H2,1-2H3,(H,21,22). The van der Waals surface area contributed by atoms with Gasteiger partial charge in [0.25, 0.3) is 5.91 Å². The normalized spacial score (nSPS) is 11.0. The molecule has 126 valence electrons. The molecule has 0 aliphatic rings. The molecule has 0 spiro atoms. The lowest BCUT2D eigenvalue weighted by Crippen LogP contribution is -2.25. The van der Waals surface area contributed by atoms with Gasteiger partial charge in [0.1, 0.15) is 0 Å². The summed E-state index contributed by atoms with van der Waals surface area (Å²) in [5.74, 6) is 0.774. The van der Waals surface area contributed by atoms with E-state index in [-0.39, 0.29) is 12.5 Å². The highest BCUT2D eigenvalue weighted by molar-refractivity contribution is 6.30. The quantitative estimate of drug-likeness (QED) is 0.615. The maximum Gasteiger partial charge on any atom is 0.277 e. The Morgan fingerprint density at radius 2 is 1.71 bits per heavy atom. The number of carbonyl (C=O) groups is 1. The predicted molar refractivity (Wildman–Crippen MR) is 94.9 cm³/mol. The average molecular weight is 347 g/mol. The summed E-state index contributed by atoms with van der Waals surface area (Å²) in [7, 11) is 0. The molecule has 0 saturated heterocycles. The monoisotopic (exact) mass is 346 g/mol. The van der Waals surface area contributed by atoms with Gasteiger partial charge >= 0.3 is 0 Å². The van der Waals surface area contributed by atoms with Crippen LogP contribution < -0.4 is 14.9 Å². The molecule has 0 radical (unpaired) electrons. The number of halogens is 1. The van der Waals surface area contributed by atoms with Gasteiger partial charge in [-0.2, -0.15) is 5.10 Å². The van der Waals surface area contributed by atoms with Crippen LogP contribution in [0.5, 0.6) is 11.5 Å². The van der Waals surface area contributed by atoms with Crippen molar-refractivity contribution >= 4 is 23.2 Å². The third kappa shape index (κ3) is 5.28. The molecular weight excluding hydrogens is 328 g/mol.